The van der Waals surface area contributed by atoms with Crippen molar-refractivity contribution in [3.8, 4) is 5.75 Å². The summed E-state index contributed by atoms with van der Waals surface area (Å²) in [4.78, 5) is 12.5. The van der Waals surface area contributed by atoms with Crippen molar-refractivity contribution in [1.29, 1.82) is 0 Å². The summed E-state index contributed by atoms with van der Waals surface area (Å²) in [6.07, 6.45) is 0.215. The van der Waals surface area contributed by atoms with Gasteiger partial charge in [0.15, 0.2) is 6.10 Å². The number of ether oxygens (including phenoxy) is 1. The second-order valence-electron chi connectivity index (χ2n) is 7.48. The van der Waals surface area contributed by atoms with E-state index < -0.39 is 6.10 Å². The minimum atomic E-state index is -0.425. The molecule has 1 aliphatic carbocycles. The van der Waals surface area contributed by atoms with E-state index in [2.05, 4.69) is 33.0 Å². The van der Waals surface area contributed by atoms with E-state index in [1.807, 2.05) is 24.3 Å². The number of nitrogens with two attached hydrogens (primary N) is 1. The van der Waals surface area contributed by atoms with Gasteiger partial charge in [-0.15, -0.1) is 0 Å². The molecule has 1 fully saturated rings. The van der Waals surface area contributed by atoms with Gasteiger partial charge in [0.05, 0.1) is 0 Å². The zero-order valence-electron chi connectivity index (χ0n) is 13.1. The summed E-state index contributed by atoms with van der Waals surface area (Å²) in [5, 5.41) is 3.16. The van der Waals surface area contributed by atoms with Crippen molar-refractivity contribution in [2.75, 3.05) is 0 Å². The largest absolute Gasteiger partial charge is 0.480 e. The van der Waals surface area contributed by atoms with Crippen LogP contribution in [-0.2, 0) is 11.2 Å². The molecule has 3 N–H and O–H groups in total. The predicted molar refractivity (Wildman–Crippen MR) is 82.0 cm³/mol. The van der Waals surface area contributed by atoms with E-state index in [0.29, 0.717) is 6.42 Å². The number of nitrogens with one attached hydrogen (secondary N) is 1. The molecule has 1 aromatic rings. The Balaban J connectivity index is 1.69. The standard InChI is InChI=1S/C17H24N2O2/c1-16(2)14(18)17(3,4)15(16)19-13(20)12-9-10-7-5-6-8-11(10)21-12/h5-8,12,14-15H,9,18H2,1-4H3,(H,19,20). The van der Waals surface area contributed by atoms with Crippen LogP contribution in [0.2, 0.25) is 0 Å². The predicted octanol–water partition coefficient (Wildman–Crippen LogP) is 1.87. The highest BCUT2D eigenvalue weighted by molar-refractivity contribution is 5.83. The summed E-state index contributed by atoms with van der Waals surface area (Å²) >= 11 is 0. The first-order valence-electron chi connectivity index (χ1n) is 7.55. The highest BCUT2D eigenvalue weighted by atomic mass is 16.5. The highest BCUT2D eigenvalue weighted by Gasteiger charge is 2.60. The molecule has 1 aromatic carbocycles. The van der Waals surface area contributed by atoms with Crippen LogP contribution >= 0.6 is 0 Å². The molecule has 1 aliphatic heterocycles. The van der Waals surface area contributed by atoms with Crippen molar-refractivity contribution in [2.24, 2.45) is 16.6 Å². The third kappa shape index (κ3) is 2.04. The first kappa shape index (κ1) is 14.4. The Morgan fingerprint density at radius 1 is 1.24 bits per heavy atom. The number of hydrogen-bond donors (Lipinski definition) is 2. The van der Waals surface area contributed by atoms with Gasteiger partial charge in [-0.2, -0.15) is 0 Å². The Hall–Kier alpha value is -1.55. The zero-order valence-corrected chi connectivity index (χ0v) is 13.1. The highest BCUT2D eigenvalue weighted by Crippen LogP contribution is 2.52. The Bertz CT molecular complexity index is 539. The van der Waals surface area contributed by atoms with Crippen molar-refractivity contribution in [3.05, 3.63) is 29.8 Å². The molecule has 3 rings (SSSR count). The van der Waals surface area contributed by atoms with Gasteiger partial charge in [0.2, 0.25) is 0 Å². The third-order valence-electron chi connectivity index (χ3n) is 5.32. The molecule has 4 nitrogen and oxygen atoms in total. The second kappa shape index (κ2) is 4.47. The van der Waals surface area contributed by atoms with Gasteiger partial charge in [-0.25, -0.2) is 0 Å². The molecule has 0 saturated heterocycles. The van der Waals surface area contributed by atoms with Gasteiger partial charge in [0.1, 0.15) is 5.75 Å². The molecule has 2 aliphatic rings. The van der Waals surface area contributed by atoms with Gasteiger partial charge in [0, 0.05) is 29.3 Å². The summed E-state index contributed by atoms with van der Waals surface area (Å²) in [5.74, 6) is 0.783. The first-order valence-corrected chi connectivity index (χ1v) is 7.55. The molecule has 4 heteroatoms. The van der Waals surface area contributed by atoms with E-state index >= 15 is 0 Å². The Morgan fingerprint density at radius 3 is 2.48 bits per heavy atom. The number of hydrogen-bond acceptors (Lipinski definition) is 3. The van der Waals surface area contributed by atoms with Crippen LogP contribution in [-0.4, -0.2) is 24.1 Å². The van der Waals surface area contributed by atoms with Crippen molar-refractivity contribution in [1.82, 2.24) is 5.32 Å². The molecule has 1 unspecified atom stereocenters. The maximum absolute atomic E-state index is 12.5. The Morgan fingerprint density at radius 2 is 1.86 bits per heavy atom. The molecule has 21 heavy (non-hydrogen) atoms. The van der Waals surface area contributed by atoms with Crippen molar-refractivity contribution < 1.29 is 9.53 Å². The average Bonchev–Trinajstić information content (AvgIpc) is 2.87. The topological polar surface area (TPSA) is 64.3 Å². The molecule has 0 spiro atoms. The lowest BCUT2D eigenvalue weighted by Gasteiger charge is -2.63. The van der Waals surface area contributed by atoms with Crippen LogP contribution in [0, 0.1) is 10.8 Å². The number of para-hydroxylation sites is 1. The van der Waals surface area contributed by atoms with E-state index in [1.165, 1.54) is 0 Å². The fourth-order valence-electron chi connectivity index (χ4n) is 4.12. The number of carbonyl (C=O) groups is 1. The molecule has 1 amide bonds. The molecule has 0 aromatic heterocycles. The number of rotatable bonds is 2. The molecule has 114 valence electrons. The zero-order chi connectivity index (χ0) is 15.4. The molecule has 0 radical (unpaired) electrons. The number of fused-ring (bicyclic) bond motifs is 1. The Kier molecular flexibility index (Phi) is 3.06. The summed E-state index contributed by atoms with van der Waals surface area (Å²) in [5.41, 5.74) is 7.15. The maximum atomic E-state index is 12.5. The summed E-state index contributed by atoms with van der Waals surface area (Å²) in [6, 6.07) is 7.97. The van der Waals surface area contributed by atoms with E-state index in [4.69, 9.17) is 10.5 Å². The van der Waals surface area contributed by atoms with Crippen LogP contribution in [0.5, 0.6) is 5.75 Å². The monoisotopic (exact) mass is 288 g/mol. The van der Waals surface area contributed by atoms with Crippen LogP contribution in [0.1, 0.15) is 33.3 Å². The summed E-state index contributed by atoms with van der Waals surface area (Å²) < 4.78 is 5.76. The second-order valence-corrected chi connectivity index (χ2v) is 7.48. The van der Waals surface area contributed by atoms with Crippen LogP contribution in [0.15, 0.2) is 24.3 Å². The van der Waals surface area contributed by atoms with Crippen LogP contribution in [0.25, 0.3) is 0 Å². The SMILES string of the molecule is CC1(C)C(N)C(C)(C)C1NC(=O)C1Cc2ccccc2O1. The van der Waals surface area contributed by atoms with E-state index in [1.54, 1.807) is 0 Å². The quantitative estimate of drug-likeness (QED) is 0.873. The first-order chi connectivity index (χ1) is 9.74. The van der Waals surface area contributed by atoms with Gasteiger partial charge in [-0.3, -0.25) is 4.79 Å². The van der Waals surface area contributed by atoms with Gasteiger partial charge >= 0.3 is 0 Å². The molecule has 1 atom stereocenters. The molecule has 1 saturated carbocycles. The van der Waals surface area contributed by atoms with Gasteiger partial charge in [-0.1, -0.05) is 45.9 Å². The van der Waals surface area contributed by atoms with Crippen molar-refractivity contribution in [2.45, 2.75) is 52.3 Å². The average molecular weight is 288 g/mol. The maximum Gasteiger partial charge on any atom is 0.261 e. The summed E-state index contributed by atoms with van der Waals surface area (Å²) in [7, 11) is 0. The van der Waals surface area contributed by atoms with Crippen molar-refractivity contribution in [3.63, 3.8) is 0 Å². The van der Waals surface area contributed by atoms with Gasteiger partial charge in [-0.05, 0) is 11.6 Å². The molecule has 0 bridgehead atoms. The lowest BCUT2D eigenvalue weighted by molar-refractivity contribution is -0.138. The molecule has 1 heterocycles. The van der Waals surface area contributed by atoms with Crippen LogP contribution in [0.3, 0.4) is 0 Å². The fraction of sp³-hybridized carbons (Fsp3) is 0.588. The third-order valence-corrected chi connectivity index (χ3v) is 5.32. The van der Waals surface area contributed by atoms with E-state index in [9.17, 15) is 4.79 Å². The molecular formula is C17H24N2O2. The lowest BCUT2D eigenvalue weighted by atomic mass is 9.48. The minimum Gasteiger partial charge on any atom is -0.480 e. The van der Waals surface area contributed by atoms with Crippen LogP contribution in [0.4, 0.5) is 0 Å². The van der Waals surface area contributed by atoms with Gasteiger partial charge < -0.3 is 15.8 Å². The number of carbonyl (C=O) groups excluding carboxylic acids is 1. The number of benzene rings is 1. The van der Waals surface area contributed by atoms with E-state index in [-0.39, 0.29) is 28.8 Å². The van der Waals surface area contributed by atoms with Gasteiger partial charge in [0.25, 0.3) is 5.91 Å². The lowest BCUT2D eigenvalue weighted by Crippen LogP contribution is -2.76. The fourth-order valence-corrected chi connectivity index (χ4v) is 4.12. The summed E-state index contributed by atoms with van der Waals surface area (Å²) in [6.45, 7) is 8.44. The van der Waals surface area contributed by atoms with E-state index in [0.717, 1.165) is 11.3 Å². The minimum absolute atomic E-state index is 0.0377. The molecular weight excluding hydrogens is 264 g/mol. The smallest absolute Gasteiger partial charge is 0.261 e. The normalized spacial score (nSPS) is 31.8. The number of amides is 1. The van der Waals surface area contributed by atoms with Crippen LogP contribution < -0.4 is 15.8 Å². The Labute approximate surface area is 126 Å². The van der Waals surface area contributed by atoms with Crippen molar-refractivity contribution >= 4 is 5.91 Å².